The standard InChI is InChI=1S/C26H21NO/c1-17-7-11-19(12-8-17)22-15-24(20-13-9-18(2)10-14-20)27-26-21-5-3-4-6-25(21)28-16-23(22)26/h3-15H,16H2,1-2H3. The van der Waals surface area contributed by atoms with Gasteiger partial charge in [0.15, 0.2) is 0 Å². The van der Waals surface area contributed by atoms with Crippen LogP contribution in [0.4, 0.5) is 0 Å². The average Bonchev–Trinajstić information content (AvgIpc) is 2.74. The Morgan fingerprint density at radius 1 is 0.714 bits per heavy atom. The molecule has 2 heterocycles. The van der Waals surface area contributed by atoms with E-state index in [1.54, 1.807) is 0 Å². The fourth-order valence-electron chi connectivity index (χ4n) is 3.74. The van der Waals surface area contributed by atoms with Gasteiger partial charge in [0.25, 0.3) is 0 Å². The Morgan fingerprint density at radius 3 is 2.07 bits per heavy atom. The predicted octanol–water partition coefficient (Wildman–Crippen LogP) is 6.59. The second-order valence-corrected chi connectivity index (χ2v) is 7.40. The van der Waals surface area contributed by atoms with Crippen LogP contribution >= 0.6 is 0 Å². The van der Waals surface area contributed by atoms with E-state index < -0.39 is 0 Å². The third-order valence-corrected chi connectivity index (χ3v) is 5.35. The number of benzene rings is 3. The van der Waals surface area contributed by atoms with Gasteiger partial charge in [0.1, 0.15) is 12.4 Å². The second-order valence-electron chi connectivity index (χ2n) is 7.40. The zero-order valence-corrected chi connectivity index (χ0v) is 16.1. The third kappa shape index (κ3) is 2.87. The molecule has 0 saturated heterocycles. The molecule has 1 aliphatic heterocycles. The van der Waals surface area contributed by atoms with E-state index in [0.717, 1.165) is 33.8 Å². The van der Waals surface area contributed by atoms with Crippen LogP contribution in [0.5, 0.6) is 5.75 Å². The molecule has 0 atom stereocenters. The molecule has 3 aromatic carbocycles. The summed E-state index contributed by atoms with van der Waals surface area (Å²) in [4.78, 5) is 5.08. The van der Waals surface area contributed by atoms with E-state index in [2.05, 4.69) is 74.5 Å². The highest BCUT2D eigenvalue weighted by Crippen LogP contribution is 2.42. The summed E-state index contributed by atoms with van der Waals surface area (Å²) in [6, 6.07) is 27.6. The molecular formula is C26H21NO. The van der Waals surface area contributed by atoms with Gasteiger partial charge >= 0.3 is 0 Å². The van der Waals surface area contributed by atoms with Gasteiger partial charge in [0, 0.05) is 16.7 Å². The molecule has 0 amide bonds. The molecule has 136 valence electrons. The van der Waals surface area contributed by atoms with Crippen LogP contribution in [-0.2, 0) is 6.61 Å². The molecule has 0 N–H and O–H groups in total. The van der Waals surface area contributed by atoms with E-state index in [4.69, 9.17) is 9.72 Å². The molecule has 0 spiro atoms. The van der Waals surface area contributed by atoms with E-state index in [-0.39, 0.29) is 0 Å². The summed E-state index contributed by atoms with van der Waals surface area (Å²) in [5, 5.41) is 0. The van der Waals surface area contributed by atoms with Gasteiger partial charge in [-0.1, -0.05) is 71.8 Å². The molecule has 28 heavy (non-hydrogen) atoms. The van der Waals surface area contributed by atoms with Gasteiger partial charge in [-0.25, -0.2) is 4.98 Å². The topological polar surface area (TPSA) is 22.1 Å². The van der Waals surface area contributed by atoms with Crippen molar-refractivity contribution in [3.8, 4) is 39.4 Å². The van der Waals surface area contributed by atoms with E-state index in [0.29, 0.717) is 6.61 Å². The minimum atomic E-state index is 0.538. The van der Waals surface area contributed by atoms with Crippen molar-refractivity contribution in [3.63, 3.8) is 0 Å². The minimum Gasteiger partial charge on any atom is -0.488 e. The lowest BCUT2D eigenvalue weighted by molar-refractivity contribution is 0.302. The molecule has 2 nitrogen and oxygen atoms in total. The number of aryl methyl sites for hydroxylation is 2. The molecule has 0 aliphatic carbocycles. The van der Waals surface area contributed by atoms with Crippen LogP contribution in [-0.4, -0.2) is 4.98 Å². The van der Waals surface area contributed by atoms with Gasteiger partial charge in [-0.15, -0.1) is 0 Å². The quantitative estimate of drug-likeness (QED) is 0.401. The lowest BCUT2D eigenvalue weighted by atomic mass is 9.92. The van der Waals surface area contributed by atoms with E-state index >= 15 is 0 Å². The molecule has 0 unspecified atom stereocenters. The molecule has 0 saturated carbocycles. The molecule has 0 fully saturated rings. The number of aromatic nitrogens is 1. The first-order valence-corrected chi connectivity index (χ1v) is 9.59. The fourth-order valence-corrected chi connectivity index (χ4v) is 3.74. The Morgan fingerprint density at radius 2 is 1.36 bits per heavy atom. The molecule has 0 bridgehead atoms. The van der Waals surface area contributed by atoms with Gasteiger partial charge in [0.2, 0.25) is 0 Å². The first-order valence-electron chi connectivity index (χ1n) is 9.59. The maximum atomic E-state index is 6.06. The van der Waals surface area contributed by atoms with Crippen molar-refractivity contribution < 1.29 is 4.74 Å². The summed E-state index contributed by atoms with van der Waals surface area (Å²) in [5.74, 6) is 0.901. The monoisotopic (exact) mass is 363 g/mol. The zero-order chi connectivity index (χ0) is 19.1. The highest BCUT2D eigenvalue weighted by Gasteiger charge is 2.23. The van der Waals surface area contributed by atoms with Gasteiger partial charge in [0.05, 0.1) is 11.4 Å². The van der Waals surface area contributed by atoms with Crippen LogP contribution in [0.1, 0.15) is 16.7 Å². The Bertz CT molecular complexity index is 1160. The van der Waals surface area contributed by atoms with Crippen molar-refractivity contribution >= 4 is 0 Å². The second kappa shape index (κ2) is 6.65. The van der Waals surface area contributed by atoms with Gasteiger partial charge in [-0.2, -0.15) is 0 Å². The number of ether oxygens (including phenoxy) is 1. The molecule has 0 radical (unpaired) electrons. The summed E-state index contributed by atoms with van der Waals surface area (Å²) in [6.45, 7) is 4.76. The summed E-state index contributed by atoms with van der Waals surface area (Å²) < 4.78 is 6.06. The van der Waals surface area contributed by atoms with Crippen molar-refractivity contribution in [1.29, 1.82) is 0 Å². The van der Waals surface area contributed by atoms with Gasteiger partial charge in [-0.3, -0.25) is 0 Å². The summed E-state index contributed by atoms with van der Waals surface area (Å²) in [5.41, 5.74) is 10.2. The number of fused-ring (bicyclic) bond motifs is 3. The Balaban J connectivity index is 1.78. The smallest absolute Gasteiger partial charge is 0.129 e. The van der Waals surface area contributed by atoms with Crippen molar-refractivity contribution in [3.05, 3.63) is 95.6 Å². The molecule has 4 aromatic rings. The maximum Gasteiger partial charge on any atom is 0.129 e. The minimum absolute atomic E-state index is 0.538. The van der Waals surface area contributed by atoms with Crippen molar-refractivity contribution in [2.24, 2.45) is 0 Å². The number of nitrogens with zero attached hydrogens (tertiary/aromatic N) is 1. The zero-order valence-electron chi connectivity index (χ0n) is 16.1. The number of para-hydroxylation sites is 1. The van der Waals surface area contributed by atoms with Crippen LogP contribution in [0.3, 0.4) is 0 Å². The van der Waals surface area contributed by atoms with Crippen LogP contribution in [0.25, 0.3) is 33.6 Å². The van der Waals surface area contributed by atoms with Crippen molar-refractivity contribution in [2.45, 2.75) is 20.5 Å². The summed E-state index contributed by atoms with van der Waals surface area (Å²) >= 11 is 0. The first-order chi connectivity index (χ1) is 13.7. The summed E-state index contributed by atoms with van der Waals surface area (Å²) in [6.07, 6.45) is 0. The van der Waals surface area contributed by atoms with Crippen LogP contribution < -0.4 is 4.74 Å². The van der Waals surface area contributed by atoms with Crippen LogP contribution in [0, 0.1) is 13.8 Å². The largest absolute Gasteiger partial charge is 0.488 e. The molecule has 1 aliphatic rings. The normalized spacial score (nSPS) is 12.1. The van der Waals surface area contributed by atoms with Crippen molar-refractivity contribution in [1.82, 2.24) is 4.98 Å². The Labute approximate surface area is 165 Å². The highest BCUT2D eigenvalue weighted by atomic mass is 16.5. The predicted molar refractivity (Wildman–Crippen MR) is 114 cm³/mol. The number of pyridine rings is 1. The molecule has 1 aromatic heterocycles. The Kier molecular flexibility index (Phi) is 3.98. The van der Waals surface area contributed by atoms with Crippen molar-refractivity contribution in [2.75, 3.05) is 0 Å². The lowest BCUT2D eigenvalue weighted by Gasteiger charge is -2.23. The molecule has 2 heteroatoms. The first kappa shape index (κ1) is 16.8. The highest BCUT2D eigenvalue weighted by molar-refractivity contribution is 5.83. The number of rotatable bonds is 2. The van der Waals surface area contributed by atoms with E-state index in [9.17, 15) is 0 Å². The fraction of sp³-hybridized carbons (Fsp3) is 0.115. The van der Waals surface area contributed by atoms with E-state index in [1.807, 2.05) is 18.2 Å². The third-order valence-electron chi connectivity index (χ3n) is 5.35. The lowest BCUT2D eigenvalue weighted by Crippen LogP contribution is -2.09. The average molecular weight is 363 g/mol. The maximum absolute atomic E-state index is 6.06. The number of hydrogen-bond donors (Lipinski definition) is 0. The van der Waals surface area contributed by atoms with E-state index in [1.165, 1.54) is 22.3 Å². The van der Waals surface area contributed by atoms with Crippen LogP contribution in [0.15, 0.2) is 78.9 Å². The Hall–Kier alpha value is -3.39. The molecular weight excluding hydrogens is 342 g/mol. The van der Waals surface area contributed by atoms with Crippen LogP contribution in [0.2, 0.25) is 0 Å². The number of hydrogen-bond acceptors (Lipinski definition) is 2. The summed E-state index contributed by atoms with van der Waals surface area (Å²) in [7, 11) is 0. The molecule has 5 rings (SSSR count). The SMILES string of the molecule is Cc1ccc(-c2cc(-c3ccc(C)cc3)c3c(n2)-c2ccccc2OC3)cc1. The van der Waals surface area contributed by atoms with Gasteiger partial charge < -0.3 is 4.74 Å². The van der Waals surface area contributed by atoms with Gasteiger partial charge in [-0.05, 0) is 43.2 Å².